The second kappa shape index (κ2) is 13.7. The van der Waals surface area contributed by atoms with Crippen LogP contribution >= 0.6 is 0 Å². The van der Waals surface area contributed by atoms with E-state index in [9.17, 15) is 33.5 Å². The average molecular weight is 577 g/mol. The van der Waals surface area contributed by atoms with Gasteiger partial charge < -0.3 is 33.5 Å². The van der Waals surface area contributed by atoms with Gasteiger partial charge in [-0.15, -0.1) is 0 Å². The maximum Gasteiger partial charge on any atom is 0.303 e. The number of benzene rings is 2. The third kappa shape index (κ3) is 8.48. The van der Waals surface area contributed by atoms with E-state index in [4.69, 9.17) is 28.4 Å². The molecule has 1 aliphatic rings. The Balaban J connectivity index is 1.92. The molecular formula is C28H29FO12. The summed E-state index contributed by atoms with van der Waals surface area (Å²) < 4.78 is 46.6. The fraction of sp³-hybridized carbons (Fsp3) is 0.393. The molecule has 1 N–H and O–H groups in total. The zero-order valence-corrected chi connectivity index (χ0v) is 22.7. The Hall–Kier alpha value is -4.52. The number of Topliss-reactive ketones (excluding diaryl/α,β-unsaturated/α-hetero) is 1. The van der Waals surface area contributed by atoms with Crippen LogP contribution in [0.3, 0.4) is 0 Å². The van der Waals surface area contributed by atoms with Crippen molar-refractivity contribution in [3.63, 3.8) is 0 Å². The molecule has 0 aliphatic carbocycles. The molecule has 0 spiro atoms. The fourth-order valence-electron chi connectivity index (χ4n) is 4.15. The Morgan fingerprint density at radius 3 is 2.02 bits per heavy atom. The number of aromatic hydroxyl groups is 1. The lowest BCUT2D eigenvalue weighted by Gasteiger charge is -2.43. The van der Waals surface area contributed by atoms with Gasteiger partial charge in [-0.2, -0.15) is 0 Å². The second-order valence-electron chi connectivity index (χ2n) is 9.06. The molecule has 13 heteroatoms. The number of ketones is 1. The van der Waals surface area contributed by atoms with Gasteiger partial charge in [-0.3, -0.25) is 24.0 Å². The van der Waals surface area contributed by atoms with Crippen molar-refractivity contribution < 1.29 is 61.9 Å². The van der Waals surface area contributed by atoms with Crippen LogP contribution in [-0.2, 0) is 49.3 Å². The smallest absolute Gasteiger partial charge is 0.303 e. The van der Waals surface area contributed by atoms with E-state index in [1.54, 1.807) is 6.07 Å². The van der Waals surface area contributed by atoms with Gasteiger partial charge in [0.2, 0.25) is 12.4 Å². The van der Waals surface area contributed by atoms with Crippen molar-refractivity contribution >= 4 is 29.7 Å². The van der Waals surface area contributed by atoms with E-state index in [0.717, 1.165) is 33.8 Å². The molecule has 3 rings (SSSR count). The molecule has 0 aromatic heterocycles. The van der Waals surface area contributed by atoms with Gasteiger partial charge in [0.25, 0.3) is 0 Å². The normalized spacial score (nSPS) is 21.7. The molecule has 0 bridgehead atoms. The topological polar surface area (TPSA) is 161 Å². The highest BCUT2D eigenvalue weighted by atomic mass is 19.1. The van der Waals surface area contributed by atoms with Gasteiger partial charge in [0.05, 0.1) is 5.56 Å². The summed E-state index contributed by atoms with van der Waals surface area (Å²) in [5.41, 5.74) is 0.0388. The predicted octanol–water partition coefficient (Wildman–Crippen LogP) is 2.42. The van der Waals surface area contributed by atoms with Gasteiger partial charge in [0.15, 0.2) is 18.0 Å². The van der Waals surface area contributed by atoms with Gasteiger partial charge >= 0.3 is 23.9 Å². The SMILES string of the molecule is CC(=O)OC[C@@H]1O[C@H](Oc2ccc(C(=O)Cc3ccccc3F)c(O)c2)[C@H](OC(C)=O)[C@@H](OC(C)=O)[C@@H]1OC(C)=O. The monoisotopic (exact) mass is 576 g/mol. The van der Waals surface area contributed by atoms with Crippen LogP contribution in [0.2, 0.25) is 0 Å². The molecule has 220 valence electrons. The molecule has 1 saturated heterocycles. The van der Waals surface area contributed by atoms with Crippen LogP contribution in [0.4, 0.5) is 4.39 Å². The zero-order chi connectivity index (χ0) is 30.3. The Morgan fingerprint density at radius 1 is 0.829 bits per heavy atom. The van der Waals surface area contributed by atoms with Crippen LogP contribution in [0.1, 0.15) is 43.6 Å². The standard InChI is InChI=1S/C28H29FO12/c1-14(30)36-13-24-25(37-15(2)31)26(38-16(3)32)27(39-17(4)33)28(41-24)40-19-9-10-20(23(35)12-19)22(34)11-18-7-5-6-8-21(18)29/h5-10,12,24-28,35H,11,13H2,1-4H3/t24-,25+,26-,27+,28-/m0/s1. The predicted molar refractivity (Wildman–Crippen MR) is 135 cm³/mol. The van der Waals surface area contributed by atoms with Crippen LogP contribution < -0.4 is 4.74 Å². The van der Waals surface area contributed by atoms with E-state index in [1.807, 2.05) is 0 Å². The first-order valence-corrected chi connectivity index (χ1v) is 12.4. The zero-order valence-electron chi connectivity index (χ0n) is 22.7. The summed E-state index contributed by atoms with van der Waals surface area (Å²) in [7, 11) is 0. The molecule has 5 atom stereocenters. The van der Waals surface area contributed by atoms with Crippen molar-refractivity contribution in [1.29, 1.82) is 0 Å². The molecule has 41 heavy (non-hydrogen) atoms. The van der Waals surface area contributed by atoms with Gasteiger partial charge in [0, 0.05) is 40.2 Å². The third-order valence-corrected chi connectivity index (χ3v) is 5.78. The second-order valence-corrected chi connectivity index (χ2v) is 9.06. The van der Waals surface area contributed by atoms with E-state index in [0.29, 0.717) is 0 Å². The number of carbonyl (C=O) groups is 5. The quantitative estimate of drug-likeness (QED) is 0.250. The summed E-state index contributed by atoms with van der Waals surface area (Å²) in [6, 6.07) is 9.38. The highest BCUT2D eigenvalue weighted by Crippen LogP contribution is 2.33. The first-order chi connectivity index (χ1) is 19.3. The maximum atomic E-state index is 14.0. The number of ether oxygens (including phenoxy) is 6. The molecule has 1 fully saturated rings. The Bertz CT molecular complexity index is 1310. The summed E-state index contributed by atoms with van der Waals surface area (Å²) in [5, 5.41) is 10.6. The number of rotatable bonds is 10. The van der Waals surface area contributed by atoms with Crippen molar-refractivity contribution in [2.75, 3.05) is 6.61 Å². The molecule has 1 aliphatic heterocycles. The van der Waals surface area contributed by atoms with Gasteiger partial charge in [-0.05, 0) is 23.8 Å². The minimum atomic E-state index is -1.53. The first-order valence-electron chi connectivity index (χ1n) is 12.4. The average Bonchev–Trinajstić information content (AvgIpc) is 2.87. The van der Waals surface area contributed by atoms with E-state index in [-0.39, 0.29) is 23.3 Å². The largest absolute Gasteiger partial charge is 0.507 e. The van der Waals surface area contributed by atoms with Crippen LogP contribution in [0.25, 0.3) is 0 Å². The summed E-state index contributed by atoms with van der Waals surface area (Å²) in [4.78, 5) is 59.9. The van der Waals surface area contributed by atoms with E-state index in [2.05, 4.69) is 0 Å². The van der Waals surface area contributed by atoms with Crippen LogP contribution in [0.15, 0.2) is 42.5 Å². The van der Waals surface area contributed by atoms with Crippen molar-refractivity contribution in [3.8, 4) is 11.5 Å². The van der Waals surface area contributed by atoms with Crippen molar-refractivity contribution in [2.24, 2.45) is 0 Å². The van der Waals surface area contributed by atoms with Gasteiger partial charge in [0.1, 0.15) is 30.0 Å². The number of halogens is 1. The van der Waals surface area contributed by atoms with Gasteiger partial charge in [-0.1, -0.05) is 18.2 Å². The summed E-state index contributed by atoms with van der Waals surface area (Å²) in [5.74, 6) is -4.78. The highest BCUT2D eigenvalue weighted by Gasteiger charge is 2.53. The Kier molecular flexibility index (Phi) is 10.4. The number of phenolic OH excluding ortho intramolecular Hbond substituents is 1. The van der Waals surface area contributed by atoms with Crippen molar-refractivity contribution in [2.45, 2.75) is 64.8 Å². The molecule has 12 nitrogen and oxygen atoms in total. The van der Waals surface area contributed by atoms with E-state index < -0.39 is 78.5 Å². The molecule has 2 aromatic rings. The lowest BCUT2D eigenvalue weighted by atomic mass is 9.98. The molecule has 2 aromatic carbocycles. The molecule has 0 unspecified atom stereocenters. The number of carbonyl (C=O) groups excluding carboxylic acids is 5. The van der Waals surface area contributed by atoms with Gasteiger partial charge in [-0.25, -0.2) is 4.39 Å². The van der Waals surface area contributed by atoms with Crippen molar-refractivity contribution in [3.05, 3.63) is 59.4 Å². The van der Waals surface area contributed by atoms with Crippen molar-refractivity contribution in [1.82, 2.24) is 0 Å². The fourth-order valence-corrected chi connectivity index (χ4v) is 4.15. The highest BCUT2D eigenvalue weighted by molar-refractivity contribution is 6.00. The lowest BCUT2D eigenvalue weighted by Crippen LogP contribution is -2.63. The number of esters is 4. The molecule has 0 amide bonds. The molecule has 0 saturated carbocycles. The summed E-state index contributed by atoms with van der Waals surface area (Å²) in [6.45, 7) is 3.94. The Labute approximate surface area is 234 Å². The summed E-state index contributed by atoms with van der Waals surface area (Å²) >= 11 is 0. The number of hydrogen-bond acceptors (Lipinski definition) is 12. The Morgan fingerprint density at radius 2 is 1.44 bits per heavy atom. The van der Waals surface area contributed by atoms with Crippen LogP contribution in [0, 0.1) is 5.82 Å². The maximum absolute atomic E-state index is 14.0. The summed E-state index contributed by atoms with van der Waals surface area (Å²) in [6.07, 6.45) is -7.38. The number of phenols is 1. The lowest BCUT2D eigenvalue weighted by molar-refractivity contribution is -0.288. The third-order valence-electron chi connectivity index (χ3n) is 5.78. The minimum Gasteiger partial charge on any atom is -0.507 e. The molecule has 1 heterocycles. The minimum absolute atomic E-state index is 0.0640. The van der Waals surface area contributed by atoms with Crippen LogP contribution in [0.5, 0.6) is 11.5 Å². The number of hydrogen-bond donors (Lipinski definition) is 1. The van der Waals surface area contributed by atoms with E-state index >= 15 is 0 Å². The molecular weight excluding hydrogens is 547 g/mol. The first kappa shape index (κ1) is 31.0. The van der Waals surface area contributed by atoms with Crippen LogP contribution in [-0.4, -0.2) is 72.1 Å². The van der Waals surface area contributed by atoms with E-state index in [1.165, 1.54) is 30.3 Å². The molecule has 0 radical (unpaired) electrons.